The van der Waals surface area contributed by atoms with E-state index in [1.807, 2.05) is 6.07 Å². The standard InChI is InChI=1S/C8H9N3/c1-2-3-7-4-8(5-9)11-6-10-7/h4,6H,2-3H2,1H3. The molecule has 0 unspecified atom stereocenters. The Bertz CT molecular complexity index is 275. The summed E-state index contributed by atoms with van der Waals surface area (Å²) in [5.41, 5.74) is 1.39. The summed E-state index contributed by atoms with van der Waals surface area (Å²) < 4.78 is 0. The number of hydrogen-bond acceptors (Lipinski definition) is 3. The highest BCUT2D eigenvalue weighted by Crippen LogP contribution is 1.99. The summed E-state index contributed by atoms with van der Waals surface area (Å²) in [5.74, 6) is 0. The van der Waals surface area contributed by atoms with E-state index in [-0.39, 0.29) is 0 Å². The van der Waals surface area contributed by atoms with E-state index in [1.165, 1.54) is 6.33 Å². The molecule has 0 saturated carbocycles. The molecule has 3 heteroatoms. The van der Waals surface area contributed by atoms with Gasteiger partial charge in [0.15, 0.2) is 0 Å². The third kappa shape index (κ3) is 2.01. The summed E-state index contributed by atoms with van der Waals surface area (Å²) in [6.45, 7) is 2.08. The van der Waals surface area contributed by atoms with Crippen LogP contribution in [0.1, 0.15) is 24.7 Å². The van der Waals surface area contributed by atoms with Crippen LogP contribution in [0.3, 0.4) is 0 Å². The van der Waals surface area contributed by atoms with Gasteiger partial charge in [0.25, 0.3) is 0 Å². The van der Waals surface area contributed by atoms with E-state index in [9.17, 15) is 0 Å². The molecule has 0 atom stereocenters. The van der Waals surface area contributed by atoms with Gasteiger partial charge >= 0.3 is 0 Å². The molecule has 0 N–H and O–H groups in total. The Labute approximate surface area is 65.7 Å². The van der Waals surface area contributed by atoms with Gasteiger partial charge in [-0.2, -0.15) is 5.26 Å². The molecule has 0 amide bonds. The smallest absolute Gasteiger partial charge is 0.144 e. The first kappa shape index (κ1) is 7.67. The molecule has 3 nitrogen and oxygen atoms in total. The van der Waals surface area contributed by atoms with Gasteiger partial charge in [0.2, 0.25) is 0 Å². The van der Waals surface area contributed by atoms with E-state index < -0.39 is 0 Å². The third-order valence-corrected chi connectivity index (χ3v) is 1.34. The summed E-state index contributed by atoms with van der Waals surface area (Å²) in [7, 11) is 0. The molecular formula is C8H9N3. The minimum absolute atomic E-state index is 0.448. The van der Waals surface area contributed by atoms with Gasteiger partial charge in [-0.15, -0.1) is 0 Å². The highest BCUT2D eigenvalue weighted by molar-refractivity contribution is 5.20. The Morgan fingerprint density at radius 1 is 1.55 bits per heavy atom. The van der Waals surface area contributed by atoms with Crippen LogP contribution in [0.25, 0.3) is 0 Å². The quantitative estimate of drug-likeness (QED) is 0.633. The SMILES string of the molecule is CCCc1cc(C#N)ncn1. The number of nitrogens with zero attached hydrogens (tertiary/aromatic N) is 3. The number of aryl methyl sites for hydroxylation is 1. The normalized spacial score (nSPS) is 9.09. The number of aromatic nitrogens is 2. The number of nitriles is 1. The summed E-state index contributed by atoms with van der Waals surface area (Å²) in [4.78, 5) is 7.78. The molecule has 0 saturated heterocycles. The van der Waals surface area contributed by atoms with Gasteiger partial charge in [0, 0.05) is 5.69 Å². The van der Waals surface area contributed by atoms with Gasteiger partial charge in [0.1, 0.15) is 18.1 Å². The van der Waals surface area contributed by atoms with Crippen molar-refractivity contribution < 1.29 is 0 Å². The second-order valence-electron chi connectivity index (χ2n) is 2.26. The van der Waals surface area contributed by atoms with Crippen LogP contribution in [0.5, 0.6) is 0 Å². The lowest BCUT2D eigenvalue weighted by atomic mass is 10.2. The zero-order chi connectivity index (χ0) is 8.10. The zero-order valence-corrected chi connectivity index (χ0v) is 6.41. The van der Waals surface area contributed by atoms with Crippen molar-refractivity contribution in [1.29, 1.82) is 5.26 Å². The zero-order valence-electron chi connectivity index (χ0n) is 6.41. The van der Waals surface area contributed by atoms with E-state index in [2.05, 4.69) is 16.9 Å². The molecule has 1 rings (SSSR count). The van der Waals surface area contributed by atoms with E-state index in [0.29, 0.717) is 5.69 Å². The highest BCUT2D eigenvalue weighted by atomic mass is 14.8. The minimum Gasteiger partial charge on any atom is -0.241 e. The Balaban J connectivity index is 2.85. The summed E-state index contributed by atoms with van der Waals surface area (Å²) in [5, 5.41) is 8.49. The van der Waals surface area contributed by atoms with Gasteiger partial charge in [-0.1, -0.05) is 13.3 Å². The monoisotopic (exact) mass is 147 g/mol. The van der Waals surface area contributed by atoms with Crippen molar-refractivity contribution in [1.82, 2.24) is 9.97 Å². The lowest BCUT2D eigenvalue weighted by Gasteiger charge is -1.94. The maximum absolute atomic E-state index is 8.49. The predicted molar refractivity (Wildman–Crippen MR) is 40.7 cm³/mol. The first-order valence-electron chi connectivity index (χ1n) is 3.58. The number of hydrogen-bond donors (Lipinski definition) is 0. The molecule has 0 radical (unpaired) electrons. The summed E-state index contributed by atoms with van der Waals surface area (Å²) in [6, 6.07) is 3.70. The average molecular weight is 147 g/mol. The molecule has 11 heavy (non-hydrogen) atoms. The van der Waals surface area contributed by atoms with Crippen LogP contribution in [0.4, 0.5) is 0 Å². The molecule has 0 spiro atoms. The van der Waals surface area contributed by atoms with Crippen molar-refractivity contribution in [3.63, 3.8) is 0 Å². The molecular weight excluding hydrogens is 138 g/mol. The van der Waals surface area contributed by atoms with E-state index >= 15 is 0 Å². The second-order valence-corrected chi connectivity index (χ2v) is 2.26. The lowest BCUT2D eigenvalue weighted by molar-refractivity contribution is 0.870. The molecule has 1 aromatic heterocycles. The first-order chi connectivity index (χ1) is 5.36. The Morgan fingerprint density at radius 2 is 2.36 bits per heavy atom. The minimum atomic E-state index is 0.448. The molecule has 1 heterocycles. The van der Waals surface area contributed by atoms with Gasteiger partial charge in [-0.05, 0) is 12.5 Å². The Hall–Kier alpha value is -1.43. The fourth-order valence-corrected chi connectivity index (χ4v) is 0.852. The molecule has 0 aliphatic heterocycles. The first-order valence-corrected chi connectivity index (χ1v) is 3.58. The molecule has 0 fully saturated rings. The predicted octanol–water partition coefficient (Wildman–Crippen LogP) is 1.30. The van der Waals surface area contributed by atoms with Crippen LogP contribution in [0.15, 0.2) is 12.4 Å². The van der Waals surface area contributed by atoms with Crippen molar-refractivity contribution in [2.45, 2.75) is 19.8 Å². The van der Waals surface area contributed by atoms with Crippen molar-refractivity contribution >= 4 is 0 Å². The van der Waals surface area contributed by atoms with Gasteiger partial charge < -0.3 is 0 Å². The van der Waals surface area contributed by atoms with E-state index in [0.717, 1.165) is 18.5 Å². The maximum Gasteiger partial charge on any atom is 0.144 e. The van der Waals surface area contributed by atoms with Crippen molar-refractivity contribution in [3.05, 3.63) is 23.8 Å². The Kier molecular flexibility index (Phi) is 2.56. The maximum atomic E-state index is 8.49. The Morgan fingerprint density at radius 3 is 3.00 bits per heavy atom. The van der Waals surface area contributed by atoms with Crippen LogP contribution in [-0.2, 0) is 6.42 Å². The molecule has 56 valence electrons. The summed E-state index contributed by atoms with van der Waals surface area (Å²) in [6.07, 6.45) is 3.39. The fraction of sp³-hybridized carbons (Fsp3) is 0.375. The van der Waals surface area contributed by atoms with Crippen LogP contribution in [-0.4, -0.2) is 9.97 Å². The molecule has 0 aliphatic carbocycles. The van der Waals surface area contributed by atoms with Crippen LogP contribution < -0.4 is 0 Å². The van der Waals surface area contributed by atoms with Crippen LogP contribution in [0.2, 0.25) is 0 Å². The van der Waals surface area contributed by atoms with Gasteiger partial charge in [0.05, 0.1) is 0 Å². The van der Waals surface area contributed by atoms with Gasteiger partial charge in [-0.25, -0.2) is 9.97 Å². The summed E-state index contributed by atoms with van der Waals surface area (Å²) >= 11 is 0. The highest BCUT2D eigenvalue weighted by Gasteiger charge is 1.94. The van der Waals surface area contributed by atoms with Crippen molar-refractivity contribution in [2.75, 3.05) is 0 Å². The second kappa shape index (κ2) is 3.67. The average Bonchev–Trinajstić information content (AvgIpc) is 2.06. The molecule has 1 aromatic rings. The third-order valence-electron chi connectivity index (χ3n) is 1.34. The molecule has 0 bridgehead atoms. The van der Waals surface area contributed by atoms with Crippen LogP contribution >= 0.6 is 0 Å². The van der Waals surface area contributed by atoms with Gasteiger partial charge in [-0.3, -0.25) is 0 Å². The topological polar surface area (TPSA) is 49.6 Å². The van der Waals surface area contributed by atoms with Crippen molar-refractivity contribution in [2.24, 2.45) is 0 Å². The number of rotatable bonds is 2. The fourth-order valence-electron chi connectivity index (χ4n) is 0.852. The largest absolute Gasteiger partial charge is 0.241 e. The van der Waals surface area contributed by atoms with E-state index in [4.69, 9.17) is 5.26 Å². The molecule has 0 aromatic carbocycles. The molecule has 0 aliphatic rings. The van der Waals surface area contributed by atoms with Crippen LogP contribution in [0, 0.1) is 11.3 Å². The lowest BCUT2D eigenvalue weighted by Crippen LogP contribution is -1.92. The van der Waals surface area contributed by atoms with Crippen molar-refractivity contribution in [3.8, 4) is 6.07 Å². The van der Waals surface area contributed by atoms with E-state index in [1.54, 1.807) is 6.07 Å².